The Kier molecular flexibility index (Phi) is 6.95. The average molecular weight is 379 g/mol. The fourth-order valence-corrected chi connectivity index (χ4v) is 3.80. The molecule has 0 spiro atoms. The first-order valence-corrected chi connectivity index (χ1v) is 9.76. The molecule has 2 aromatic rings. The van der Waals surface area contributed by atoms with E-state index >= 15 is 0 Å². The zero-order valence-corrected chi connectivity index (χ0v) is 16.4. The summed E-state index contributed by atoms with van der Waals surface area (Å²) >= 11 is 2.57. The highest BCUT2D eigenvalue weighted by atomic mass is 32.2. The Hall–Kier alpha value is -1.93. The second-order valence-corrected chi connectivity index (χ2v) is 8.43. The molecular formula is C17H22N4O2S2. The third-order valence-electron chi connectivity index (χ3n) is 3.08. The second-order valence-electron chi connectivity index (χ2n) is 6.23. The first kappa shape index (κ1) is 19.4. The number of carbonyl (C=O) groups excluding carboxylic acids is 2. The van der Waals surface area contributed by atoms with Crippen LogP contribution in [0.3, 0.4) is 0 Å². The van der Waals surface area contributed by atoms with Crippen molar-refractivity contribution in [3.63, 3.8) is 0 Å². The molecule has 0 fully saturated rings. The van der Waals surface area contributed by atoms with Crippen molar-refractivity contribution < 1.29 is 9.59 Å². The normalized spacial score (nSPS) is 10.8. The molecule has 0 atom stereocenters. The van der Waals surface area contributed by atoms with Crippen molar-refractivity contribution in [3.8, 4) is 0 Å². The first-order chi connectivity index (χ1) is 11.8. The quantitative estimate of drug-likeness (QED) is 0.564. The second kappa shape index (κ2) is 8.96. The van der Waals surface area contributed by atoms with Crippen molar-refractivity contribution in [1.29, 1.82) is 0 Å². The molecule has 1 aromatic carbocycles. The number of anilines is 2. The number of nitrogens with one attached hydrogen (secondary N) is 2. The van der Waals surface area contributed by atoms with Gasteiger partial charge in [-0.1, -0.05) is 43.0 Å². The van der Waals surface area contributed by atoms with Gasteiger partial charge in [0.1, 0.15) is 0 Å². The number of hydrogen-bond acceptors (Lipinski definition) is 6. The zero-order valence-electron chi connectivity index (χ0n) is 14.8. The van der Waals surface area contributed by atoms with Gasteiger partial charge in [-0.2, -0.15) is 0 Å². The van der Waals surface area contributed by atoms with E-state index in [0.717, 1.165) is 16.8 Å². The SMILES string of the molecule is Cc1cc(C)cc(NC(=O)CSc2nnc(NC(=O)CC(C)C)s2)c1. The molecular weight excluding hydrogens is 356 g/mol. The summed E-state index contributed by atoms with van der Waals surface area (Å²) in [5, 5.41) is 14.0. The number of aryl methyl sites for hydroxylation is 2. The summed E-state index contributed by atoms with van der Waals surface area (Å²) in [7, 11) is 0. The Bertz CT molecular complexity index is 739. The summed E-state index contributed by atoms with van der Waals surface area (Å²) in [5.74, 6) is 0.350. The van der Waals surface area contributed by atoms with E-state index in [-0.39, 0.29) is 23.5 Å². The fraction of sp³-hybridized carbons (Fsp3) is 0.412. The molecule has 0 radical (unpaired) electrons. The van der Waals surface area contributed by atoms with E-state index < -0.39 is 0 Å². The number of carbonyl (C=O) groups is 2. The minimum atomic E-state index is -0.101. The fourth-order valence-electron chi connectivity index (χ4n) is 2.23. The van der Waals surface area contributed by atoms with Gasteiger partial charge in [0.25, 0.3) is 0 Å². The van der Waals surface area contributed by atoms with Crippen LogP contribution in [-0.4, -0.2) is 27.8 Å². The largest absolute Gasteiger partial charge is 0.325 e. The van der Waals surface area contributed by atoms with Crippen LogP contribution in [0.2, 0.25) is 0 Å². The van der Waals surface area contributed by atoms with E-state index in [1.54, 1.807) is 0 Å². The lowest BCUT2D eigenvalue weighted by atomic mass is 10.1. The molecule has 2 amide bonds. The number of aromatic nitrogens is 2. The Morgan fingerprint density at radius 2 is 1.76 bits per heavy atom. The summed E-state index contributed by atoms with van der Waals surface area (Å²) in [4.78, 5) is 23.8. The summed E-state index contributed by atoms with van der Waals surface area (Å²) in [6.45, 7) is 7.95. The predicted molar refractivity (Wildman–Crippen MR) is 103 cm³/mol. The van der Waals surface area contributed by atoms with Crippen LogP contribution in [0.4, 0.5) is 10.8 Å². The first-order valence-electron chi connectivity index (χ1n) is 7.96. The number of hydrogen-bond donors (Lipinski definition) is 2. The highest BCUT2D eigenvalue weighted by molar-refractivity contribution is 8.01. The molecule has 134 valence electrons. The van der Waals surface area contributed by atoms with Gasteiger partial charge in [0.2, 0.25) is 16.9 Å². The van der Waals surface area contributed by atoms with E-state index in [9.17, 15) is 9.59 Å². The van der Waals surface area contributed by atoms with Crippen LogP contribution in [0.5, 0.6) is 0 Å². The highest BCUT2D eigenvalue weighted by Crippen LogP contribution is 2.26. The number of rotatable bonds is 7. The van der Waals surface area contributed by atoms with Gasteiger partial charge >= 0.3 is 0 Å². The number of amides is 2. The molecule has 0 unspecified atom stereocenters. The average Bonchev–Trinajstić information content (AvgIpc) is 2.90. The van der Waals surface area contributed by atoms with Crippen molar-refractivity contribution in [1.82, 2.24) is 10.2 Å². The predicted octanol–water partition coefficient (Wildman–Crippen LogP) is 3.87. The maximum Gasteiger partial charge on any atom is 0.234 e. The zero-order chi connectivity index (χ0) is 18.4. The van der Waals surface area contributed by atoms with Crippen LogP contribution in [-0.2, 0) is 9.59 Å². The molecule has 0 saturated carbocycles. The minimum absolute atomic E-state index is 0.0738. The van der Waals surface area contributed by atoms with Gasteiger partial charge in [-0.25, -0.2) is 0 Å². The summed E-state index contributed by atoms with van der Waals surface area (Å²) in [5.41, 5.74) is 3.00. The van der Waals surface area contributed by atoms with E-state index in [0.29, 0.717) is 15.9 Å². The number of benzene rings is 1. The molecule has 2 N–H and O–H groups in total. The van der Waals surface area contributed by atoms with Crippen molar-refractivity contribution in [2.24, 2.45) is 5.92 Å². The third-order valence-corrected chi connectivity index (χ3v) is 5.05. The number of nitrogens with zero attached hydrogens (tertiary/aromatic N) is 2. The van der Waals surface area contributed by atoms with Gasteiger partial charge in [0.15, 0.2) is 4.34 Å². The minimum Gasteiger partial charge on any atom is -0.325 e. The maximum atomic E-state index is 12.1. The Morgan fingerprint density at radius 1 is 1.08 bits per heavy atom. The molecule has 0 aliphatic carbocycles. The van der Waals surface area contributed by atoms with Crippen LogP contribution in [0.15, 0.2) is 22.5 Å². The Labute approximate surface area is 155 Å². The van der Waals surface area contributed by atoms with Crippen LogP contribution in [0.25, 0.3) is 0 Å². The molecule has 0 bridgehead atoms. The topological polar surface area (TPSA) is 84.0 Å². The maximum absolute atomic E-state index is 12.1. The van der Waals surface area contributed by atoms with Gasteiger partial charge in [-0.3, -0.25) is 9.59 Å². The number of thioether (sulfide) groups is 1. The van der Waals surface area contributed by atoms with Crippen molar-refractivity contribution in [2.75, 3.05) is 16.4 Å². The van der Waals surface area contributed by atoms with Gasteiger partial charge in [-0.05, 0) is 43.0 Å². The summed E-state index contributed by atoms with van der Waals surface area (Å²) < 4.78 is 0.649. The summed E-state index contributed by atoms with van der Waals surface area (Å²) in [6.07, 6.45) is 0.445. The van der Waals surface area contributed by atoms with Crippen molar-refractivity contribution in [2.45, 2.75) is 38.5 Å². The molecule has 0 aliphatic heterocycles. The lowest BCUT2D eigenvalue weighted by Gasteiger charge is -2.06. The van der Waals surface area contributed by atoms with Gasteiger partial charge in [0.05, 0.1) is 5.75 Å². The monoisotopic (exact) mass is 378 g/mol. The standard InChI is InChI=1S/C17H22N4O2S2/c1-10(2)5-14(22)19-16-20-21-17(25-16)24-9-15(23)18-13-7-11(3)6-12(4)8-13/h6-8,10H,5,9H2,1-4H3,(H,18,23)(H,19,20,22). The third kappa shape index (κ3) is 6.83. The highest BCUT2D eigenvalue weighted by Gasteiger charge is 2.11. The van der Waals surface area contributed by atoms with Gasteiger partial charge in [-0.15, -0.1) is 10.2 Å². The Morgan fingerprint density at radius 3 is 2.40 bits per heavy atom. The molecule has 0 aliphatic rings. The lowest BCUT2D eigenvalue weighted by Crippen LogP contribution is -2.14. The molecule has 1 heterocycles. The van der Waals surface area contributed by atoms with Crippen LogP contribution in [0, 0.1) is 19.8 Å². The Balaban J connectivity index is 1.83. The van der Waals surface area contributed by atoms with Gasteiger partial charge < -0.3 is 10.6 Å². The summed E-state index contributed by atoms with van der Waals surface area (Å²) in [6, 6.07) is 5.92. The van der Waals surface area contributed by atoms with Crippen LogP contribution >= 0.6 is 23.1 Å². The molecule has 0 saturated heterocycles. The van der Waals surface area contributed by atoms with Crippen molar-refractivity contribution in [3.05, 3.63) is 29.3 Å². The van der Waals surface area contributed by atoms with E-state index in [1.165, 1.54) is 23.1 Å². The van der Waals surface area contributed by atoms with Crippen LogP contribution < -0.4 is 10.6 Å². The van der Waals surface area contributed by atoms with E-state index in [2.05, 4.69) is 26.9 Å². The molecule has 8 heteroatoms. The van der Waals surface area contributed by atoms with Crippen molar-refractivity contribution >= 4 is 45.7 Å². The smallest absolute Gasteiger partial charge is 0.234 e. The molecule has 25 heavy (non-hydrogen) atoms. The van der Waals surface area contributed by atoms with E-state index in [1.807, 2.05) is 39.8 Å². The molecule has 6 nitrogen and oxygen atoms in total. The van der Waals surface area contributed by atoms with E-state index in [4.69, 9.17) is 0 Å². The lowest BCUT2D eigenvalue weighted by molar-refractivity contribution is -0.117. The van der Waals surface area contributed by atoms with Gasteiger partial charge in [0, 0.05) is 12.1 Å². The van der Waals surface area contributed by atoms with Crippen LogP contribution in [0.1, 0.15) is 31.4 Å². The molecule has 1 aromatic heterocycles. The molecule has 2 rings (SSSR count).